The van der Waals surface area contributed by atoms with E-state index in [1.807, 2.05) is 74.5 Å². The number of ether oxygens (including phenoxy) is 1. The Morgan fingerprint density at radius 3 is 2.53 bits per heavy atom. The van der Waals surface area contributed by atoms with E-state index in [2.05, 4.69) is 5.32 Å². The minimum Gasteiger partial charge on any atom is -0.465 e. The second-order valence-corrected chi connectivity index (χ2v) is 10.3. The van der Waals surface area contributed by atoms with Crippen LogP contribution in [-0.4, -0.2) is 28.8 Å². The van der Waals surface area contributed by atoms with Crippen LogP contribution >= 0.6 is 22.9 Å². The van der Waals surface area contributed by atoms with Gasteiger partial charge in [0.05, 0.1) is 24.9 Å². The molecule has 38 heavy (non-hydrogen) atoms. The lowest BCUT2D eigenvalue weighted by atomic mass is 10.1. The van der Waals surface area contributed by atoms with E-state index in [-0.39, 0.29) is 17.1 Å². The first-order chi connectivity index (χ1) is 18.3. The van der Waals surface area contributed by atoms with E-state index in [0.29, 0.717) is 27.8 Å². The number of hydrogen-bond donors (Lipinski definition) is 1. The second-order valence-electron chi connectivity index (χ2n) is 8.78. The van der Waals surface area contributed by atoms with Gasteiger partial charge in [-0.2, -0.15) is 10.4 Å². The molecule has 0 unspecified atom stereocenters. The first-order valence-corrected chi connectivity index (χ1v) is 13.0. The summed E-state index contributed by atoms with van der Waals surface area (Å²) in [6, 6.07) is 20.7. The Balaban J connectivity index is 1.69. The van der Waals surface area contributed by atoms with Crippen LogP contribution in [0.5, 0.6) is 0 Å². The van der Waals surface area contributed by atoms with Crippen LogP contribution in [0.15, 0.2) is 72.4 Å². The fraction of sp³-hybridized carbons (Fsp3) is 0.172. The monoisotopic (exact) mass is 544 g/mol. The Hall–Kier alpha value is -4.19. The number of nitriles is 1. The van der Waals surface area contributed by atoms with Crippen molar-refractivity contribution in [1.82, 2.24) is 9.78 Å². The van der Waals surface area contributed by atoms with Crippen molar-refractivity contribution in [2.45, 2.75) is 26.3 Å². The van der Waals surface area contributed by atoms with Crippen LogP contribution in [0, 0.1) is 11.3 Å². The maximum Gasteiger partial charge on any atom is 0.340 e. The molecule has 0 saturated heterocycles. The molecule has 2 aromatic carbocycles. The standard InChI is InChI=1S/C29H25ClN4O3S/c1-18(2)25-14-24(29(36)37-3)28(38-25)32-27(35)21(15-31)13-22-17-34(16-19-9-11-23(30)12-10-19)33-26(22)20-7-5-4-6-8-20/h4-14,17-18H,16H2,1-3H3,(H,32,35). The van der Waals surface area contributed by atoms with Gasteiger partial charge in [0.1, 0.15) is 16.6 Å². The highest BCUT2D eigenvalue weighted by atomic mass is 35.5. The van der Waals surface area contributed by atoms with E-state index in [1.165, 1.54) is 24.5 Å². The number of amides is 1. The third-order valence-corrected chi connectivity index (χ3v) is 7.32. The maximum absolute atomic E-state index is 13.2. The quantitative estimate of drug-likeness (QED) is 0.150. The van der Waals surface area contributed by atoms with Crippen molar-refractivity contribution < 1.29 is 14.3 Å². The molecule has 1 amide bonds. The lowest BCUT2D eigenvalue weighted by molar-refractivity contribution is -0.112. The van der Waals surface area contributed by atoms with Gasteiger partial charge in [0.25, 0.3) is 5.91 Å². The van der Waals surface area contributed by atoms with Crippen molar-refractivity contribution in [3.8, 4) is 17.3 Å². The number of aromatic nitrogens is 2. The van der Waals surface area contributed by atoms with Gasteiger partial charge < -0.3 is 10.1 Å². The van der Waals surface area contributed by atoms with Crippen LogP contribution in [0.25, 0.3) is 17.3 Å². The Bertz CT molecular complexity index is 1530. The van der Waals surface area contributed by atoms with Crippen LogP contribution in [0.1, 0.15) is 46.1 Å². The molecule has 4 rings (SSSR count). The summed E-state index contributed by atoms with van der Waals surface area (Å²) in [6.45, 7) is 4.46. The molecule has 0 saturated carbocycles. The highest BCUT2D eigenvalue weighted by Crippen LogP contribution is 2.34. The van der Waals surface area contributed by atoms with Gasteiger partial charge in [-0.1, -0.05) is 67.9 Å². The number of halogens is 1. The van der Waals surface area contributed by atoms with Crippen molar-refractivity contribution in [1.29, 1.82) is 5.26 Å². The summed E-state index contributed by atoms with van der Waals surface area (Å²) >= 11 is 7.30. The lowest BCUT2D eigenvalue weighted by Crippen LogP contribution is -2.15. The average molecular weight is 545 g/mol. The highest BCUT2D eigenvalue weighted by molar-refractivity contribution is 7.16. The van der Waals surface area contributed by atoms with E-state index in [1.54, 1.807) is 16.9 Å². The molecule has 2 heterocycles. The van der Waals surface area contributed by atoms with Crippen LogP contribution in [0.4, 0.5) is 5.00 Å². The summed E-state index contributed by atoms with van der Waals surface area (Å²) in [5.74, 6) is -1.03. The fourth-order valence-electron chi connectivity index (χ4n) is 3.74. The number of esters is 1. The normalized spacial score (nSPS) is 11.3. The van der Waals surface area contributed by atoms with Crippen molar-refractivity contribution in [2.24, 2.45) is 0 Å². The molecule has 9 heteroatoms. The van der Waals surface area contributed by atoms with Gasteiger partial charge in [-0.15, -0.1) is 11.3 Å². The smallest absolute Gasteiger partial charge is 0.340 e. The minimum absolute atomic E-state index is 0.122. The molecule has 0 fully saturated rings. The van der Waals surface area contributed by atoms with Crippen LogP contribution in [-0.2, 0) is 16.1 Å². The predicted molar refractivity (Wildman–Crippen MR) is 150 cm³/mol. The van der Waals surface area contributed by atoms with Gasteiger partial charge >= 0.3 is 5.97 Å². The van der Waals surface area contributed by atoms with Gasteiger partial charge in [-0.3, -0.25) is 9.48 Å². The molecule has 1 N–H and O–H groups in total. The average Bonchev–Trinajstić information content (AvgIpc) is 3.52. The second kappa shape index (κ2) is 11.9. The van der Waals surface area contributed by atoms with Gasteiger partial charge in [0.2, 0.25) is 0 Å². The number of rotatable bonds is 8. The van der Waals surface area contributed by atoms with E-state index in [9.17, 15) is 14.9 Å². The minimum atomic E-state index is -0.626. The van der Waals surface area contributed by atoms with Crippen molar-refractivity contribution in [3.05, 3.63) is 99.0 Å². The number of carbonyl (C=O) groups excluding carboxylic acids is 2. The van der Waals surface area contributed by atoms with Gasteiger partial charge in [0.15, 0.2) is 0 Å². The van der Waals surface area contributed by atoms with Crippen molar-refractivity contribution in [3.63, 3.8) is 0 Å². The molecule has 4 aromatic rings. The summed E-state index contributed by atoms with van der Waals surface area (Å²) in [7, 11) is 1.29. The SMILES string of the molecule is COC(=O)c1cc(C(C)C)sc1NC(=O)C(C#N)=Cc1cn(Cc2ccc(Cl)cc2)nc1-c1ccccc1. The zero-order valence-corrected chi connectivity index (χ0v) is 22.6. The Labute approximate surface area is 229 Å². The molecule has 0 aliphatic carbocycles. The topological polar surface area (TPSA) is 97.0 Å². The fourth-order valence-corrected chi connectivity index (χ4v) is 4.91. The molecule has 0 aliphatic rings. The highest BCUT2D eigenvalue weighted by Gasteiger charge is 2.22. The number of carbonyl (C=O) groups is 2. The Morgan fingerprint density at radius 1 is 1.18 bits per heavy atom. The Kier molecular flexibility index (Phi) is 8.41. The zero-order chi connectivity index (χ0) is 27.2. The van der Waals surface area contributed by atoms with Gasteiger partial charge in [-0.25, -0.2) is 4.79 Å². The Morgan fingerprint density at radius 2 is 1.89 bits per heavy atom. The molecular weight excluding hydrogens is 520 g/mol. The van der Waals surface area contributed by atoms with E-state index in [0.717, 1.165) is 16.0 Å². The molecule has 0 aliphatic heterocycles. The number of anilines is 1. The summed E-state index contributed by atoms with van der Waals surface area (Å²) < 4.78 is 6.63. The summed E-state index contributed by atoms with van der Waals surface area (Å²) in [4.78, 5) is 26.4. The summed E-state index contributed by atoms with van der Waals surface area (Å²) in [5.41, 5.74) is 3.22. The molecular formula is C29H25ClN4O3S. The largest absolute Gasteiger partial charge is 0.465 e. The van der Waals surface area contributed by atoms with E-state index in [4.69, 9.17) is 21.4 Å². The third-order valence-electron chi connectivity index (χ3n) is 5.71. The van der Waals surface area contributed by atoms with Gasteiger partial charge in [-0.05, 0) is 35.8 Å². The van der Waals surface area contributed by atoms with E-state index >= 15 is 0 Å². The van der Waals surface area contributed by atoms with Crippen LogP contribution < -0.4 is 5.32 Å². The molecule has 0 radical (unpaired) electrons. The van der Waals surface area contributed by atoms with Crippen LogP contribution in [0.3, 0.4) is 0 Å². The lowest BCUT2D eigenvalue weighted by Gasteiger charge is -2.05. The number of hydrogen-bond acceptors (Lipinski definition) is 6. The molecule has 7 nitrogen and oxygen atoms in total. The number of methoxy groups -OCH3 is 1. The van der Waals surface area contributed by atoms with Crippen LogP contribution in [0.2, 0.25) is 5.02 Å². The van der Waals surface area contributed by atoms with Crippen molar-refractivity contribution >= 4 is 45.9 Å². The van der Waals surface area contributed by atoms with E-state index < -0.39 is 11.9 Å². The number of benzene rings is 2. The summed E-state index contributed by atoms with van der Waals surface area (Å²) in [5, 5.41) is 18.3. The van der Waals surface area contributed by atoms with Gasteiger partial charge in [0, 0.05) is 27.2 Å². The van der Waals surface area contributed by atoms with Crippen molar-refractivity contribution in [2.75, 3.05) is 12.4 Å². The summed E-state index contributed by atoms with van der Waals surface area (Å²) in [6.07, 6.45) is 3.31. The molecule has 192 valence electrons. The predicted octanol–water partition coefficient (Wildman–Crippen LogP) is 6.77. The third kappa shape index (κ3) is 6.20. The number of nitrogens with one attached hydrogen (secondary N) is 1. The number of thiophene rings is 1. The first kappa shape index (κ1) is 26.9. The molecule has 0 spiro atoms. The first-order valence-electron chi connectivity index (χ1n) is 11.8. The molecule has 2 aromatic heterocycles. The number of nitrogens with zero attached hydrogens (tertiary/aromatic N) is 3. The maximum atomic E-state index is 13.2. The molecule has 0 atom stereocenters. The molecule has 0 bridgehead atoms. The zero-order valence-electron chi connectivity index (χ0n) is 21.1.